The van der Waals surface area contributed by atoms with Crippen molar-refractivity contribution >= 4 is 65.8 Å². The largest absolute Gasteiger partial charge is 0.459 e. The molecular formula is C104H96N2O28. The van der Waals surface area contributed by atoms with E-state index in [0.29, 0.717) is 25.9 Å². The van der Waals surface area contributed by atoms with Crippen LogP contribution >= 0.6 is 0 Å². The van der Waals surface area contributed by atoms with Crippen LogP contribution in [0.25, 0.3) is 0 Å². The van der Waals surface area contributed by atoms with Crippen LogP contribution in [0.3, 0.4) is 0 Å². The number of nitrogens with one attached hydrogen (secondary N) is 2. The first-order valence-electron chi connectivity index (χ1n) is 43.6. The fourth-order valence-electron chi connectivity index (χ4n) is 14.8. The smallest absolute Gasteiger partial charge is 0.407 e. The minimum atomic E-state index is -2.30. The Bertz CT molecular complexity index is 5640. The second kappa shape index (κ2) is 48.8. The highest BCUT2D eigenvalue weighted by Crippen LogP contribution is 2.40. The minimum absolute atomic E-state index is 0.00654. The lowest BCUT2D eigenvalue weighted by molar-refractivity contribution is -0.362. The summed E-state index contributed by atoms with van der Waals surface area (Å²) in [6.07, 6.45) is -28.2. The summed E-state index contributed by atoms with van der Waals surface area (Å²) in [6.45, 7) is -2.01. The Hall–Kier alpha value is -14.9. The molecule has 0 aliphatic carbocycles. The van der Waals surface area contributed by atoms with Crippen molar-refractivity contribution < 1.29 is 133 Å². The van der Waals surface area contributed by atoms with Crippen LogP contribution in [0.15, 0.2) is 334 Å². The van der Waals surface area contributed by atoms with Crippen molar-refractivity contribution in [1.29, 1.82) is 0 Å². The van der Waals surface area contributed by atoms with Gasteiger partial charge in [-0.05, 0) is 146 Å². The quantitative estimate of drug-likeness (QED) is 0.0205. The van der Waals surface area contributed by atoms with Crippen LogP contribution in [0.5, 0.6) is 0 Å². The number of carbonyl (C=O) groups is 11. The molecule has 2 N–H and O–H groups in total. The average molecular weight is 1820 g/mol. The molecule has 0 unspecified atom stereocenters. The lowest BCUT2D eigenvalue weighted by Crippen LogP contribution is -2.68. The first-order chi connectivity index (χ1) is 65.5. The number of esters is 10. The van der Waals surface area contributed by atoms with E-state index in [1.807, 2.05) is 30.3 Å². The number of carbonyl (C=O) groups excluding carboxylic acids is 11. The summed E-state index contributed by atoms with van der Waals surface area (Å²) in [7, 11) is 0. The van der Waals surface area contributed by atoms with E-state index in [2.05, 4.69) is 10.6 Å². The highest BCUT2D eigenvalue weighted by Gasteiger charge is 2.60. The second-order valence-corrected chi connectivity index (χ2v) is 30.9. The fourth-order valence-corrected chi connectivity index (χ4v) is 14.8. The molecule has 30 heteroatoms. The van der Waals surface area contributed by atoms with Gasteiger partial charge in [0.2, 0.25) is 0 Å². The van der Waals surface area contributed by atoms with E-state index in [9.17, 15) is 28.8 Å². The zero-order chi connectivity index (χ0) is 93.2. The van der Waals surface area contributed by atoms with Crippen LogP contribution in [0, 0.1) is 0 Å². The number of alkyl carbamates (subject to hydrolysis) is 1. The maximum Gasteiger partial charge on any atom is 0.407 e. The normalized spacial score (nSPS) is 21.2. The van der Waals surface area contributed by atoms with Crippen LogP contribution < -0.4 is 10.6 Å². The molecule has 0 saturated carbocycles. The Morgan fingerprint density at radius 1 is 0.231 bits per heavy atom. The van der Waals surface area contributed by atoms with Gasteiger partial charge < -0.3 is 91.2 Å². The maximum atomic E-state index is 15.6. The van der Waals surface area contributed by atoms with E-state index >= 15 is 24.0 Å². The molecule has 0 aromatic heterocycles. The molecule has 3 fully saturated rings. The van der Waals surface area contributed by atoms with Gasteiger partial charge in [0.05, 0.1) is 68.8 Å². The molecule has 1 amide bonds. The van der Waals surface area contributed by atoms with Gasteiger partial charge in [-0.25, -0.2) is 52.7 Å². The lowest BCUT2D eigenvalue weighted by atomic mass is 9.95. The van der Waals surface area contributed by atoms with Gasteiger partial charge in [-0.1, -0.05) is 225 Å². The Morgan fingerprint density at radius 3 is 0.821 bits per heavy atom. The van der Waals surface area contributed by atoms with Crippen LogP contribution in [0.4, 0.5) is 4.79 Å². The molecule has 690 valence electrons. The minimum Gasteiger partial charge on any atom is -0.459 e. The Morgan fingerprint density at radius 2 is 0.485 bits per heavy atom. The first-order valence-corrected chi connectivity index (χ1v) is 43.6. The van der Waals surface area contributed by atoms with E-state index in [0.717, 1.165) is 18.4 Å². The Kier molecular flexibility index (Phi) is 34.7. The van der Waals surface area contributed by atoms with Gasteiger partial charge in [0.1, 0.15) is 44.2 Å². The van der Waals surface area contributed by atoms with Crippen molar-refractivity contribution in [3.8, 4) is 0 Å². The van der Waals surface area contributed by atoms with Gasteiger partial charge >= 0.3 is 65.8 Å². The molecule has 15 atom stereocenters. The van der Waals surface area contributed by atoms with Crippen LogP contribution in [-0.4, -0.2) is 204 Å². The molecule has 30 nitrogen and oxygen atoms in total. The van der Waals surface area contributed by atoms with E-state index in [1.165, 1.54) is 146 Å². The molecule has 3 saturated heterocycles. The van der Waals surface area contributed by atoms with E-state index in [-0.39, 0.29) is 75.4 Å². The summed E-state index contributed by atoms with van der Waals surface area (Å²) < 4.78 is 112. The van der Waals surface area contributed by atoms with E-state index < -0.39 is 178 Å². The molecule has 11 aromatic rings. The van der Waals surface area contributed by atoms with Gasteiger partial charge in [0, 0.05) is 13.1 Å². The molecule has 3 heterocycles. The molecule has 14 rings (SSSR count). The van der Waals surface area contributed by atoms with Gasteiger partial charge in [-0.2, -0.15) is 0 Å². The second-order valence-electron chi connectivity index (χ2n) is 30.9. The molecule has 0 spiro atoms. The number of unbranched alkanes of at least 4 members (excludes halogenated alkanes) is 3. The van der Waals surface area contributed by atoms with Crippen molar-refractivity contribution in [2.24, 2.45) is 0 Å². The third-order valence-electron chi connectivity index (χ3n) is 21.6. The number of hydrogen-bond acceptors (Lipinski definition) is 29. The lowest BCUT2D eigenvalue weighted by Gasteiger charge is -2.49. The number of rotatable bonds is 40. The number of hydrogen-bond donors (Lipinski definition) is 2. The number of benzene rings is 11. The van der Waals surface area contributed by atoms with Crippen molar-refractivity contribution in [3.05, 3.63) is 395 Å². The van der Waals surface area contributed by atoms with Gasteiger partial charge in [-0.3, -0.25) is 0 Å². The zero-order valence-electron chi connectivity index (χ0n) is 72.3. The summed E-state index contributed by atoms with van der Waals surface area (Å²) >= 11 is 0. The molecule has 0 bridgehead atoms. The third kappa shape index (κ3) is 26.7. The summed E-state index contributed by atoms with van der Waals surface area (Å²) in [5.74, 6) is -10.4. The highest BCUT2D eigenvalue weighted by molar-refractivity contribution is 5.95. The fraction of sp³-hybridized carbons (Fsp3) is 0.260. The van der Waals surface area contributed by atoms with E-state index in [4.69, 9.17) is 80.5 Å². The predicted molar refractivity (Wildman–Crippen MR) is 477 cm³/mol. The molecule has 11 aromatic carbocycles. The predicted octanol–water partition coefficient (Wildman–Crippen LogP) is 14.2. The van der Waals surface area contributed by atoms with Crippen LogP contribution in [0.2, 0.25) is 0 Å². The SMILES string of the molecule is O=C(NCCCCCCNCCO[C@H]1O[C@H](CO[C@H]2O[C@H](COC(=O)c3ccccc3)[C@@H](OC(=O)c3ccccc3)[C@H](OC(=O)c3ccccc3)[C@@H]2OC(=O)c2ccccc2)[C@@H](OC(=O)c2ccccc2)[C@H](O[C@H]2O[C@H](COC(=O)c3ccccc3)[C@@H](OC(=O)c3ccccc3)[C@H](OC(=O)c3ccccc3)[C@@H]2OC(=O)c2ccccc2)[C@@H]1OC(=O)c1ccccc1)OCc1ccccc1. The summed E-state index contributed by atoms with van der Waals surface area (Å²) in [5.41, 5.74) is 0.515. The van der Waals surface area contributed by atoms with Gasteiger partial charge in [0.25, 0.3) is 0 Å². The third-order valence-corrected chi connectivity index (χ3v) is 21.6. The van der Waals surface area contributed by atoms with Gasteiger partial charge in [-0.15, -0.1) is 0 Å². The molecule has 3 aliphatic heterocycles. The summed E-state index contributed by atoms with van der Waals surface area (Å²) in [6, 6.07) is 85.7. The Labute approximate surface area is 771 Å². The van der Waals surface area contributed by atoms with Crippen molar-refractivity contribution in [2.75, 3.05) is 46.1 Å². The van der Waals surface area contributed by atoms with Gasteiger partial charge in [0.15, 0.2) is 67.7 Å². The van der Waals surface area contributed by atoms with E-state index in [1.54, 1.807) is 158 Å². The van der Waals surface area contributed by atoms with Crippen molar-refractivity contribution in [3.63, 3.8) is 0 Å². The monoisotopic (exact) mass is 1820 g/mol. The molecule has 0 radical (unpaired) electrons. The Balaban J connectivity index is 0.894. The molecule has 134 heavy (non-hydrogen) atoms. The van der Waals surface area contributed by atoms with Crippen LogP contribution in [-0.2, 0) is 87.1 Å². The standard InChI is InChI=1S/C104H96N2O28/c107-91(69-40-16-4-17-41-69)119-65-79-82(126-93(109)71-44-20-6-21-45-71)85(129-96(112)74-50-26-9-27-51-74)88(131-98(114)76-54-30-11-31-55-76)102(124-79)121-67-81-84(128-95(111)73-48-24-8-25-49-73)87(89(132-99(115)77-56-32-12-33-57-77)101(123-81)118-63-62-105-60-36-1-2-37-61-106-104(117)122-64-68-38-14-3-15-39-68)134-103-90(133-100(116)78-58-34-13-35-59-78)86(130-97(113)75-52-28-10-29-53-75)83(127-94(110)72-46-22-7-23-47-72)80(125-103)66-120-92(108)70-42-18-5-19-43-70/h3-35,38-59,79-90,101-103,105H,1-2,36-37,60-67H2,(H,106,117)/t79-,80-,81-,82-,83-,84-,85+,86+,87+,88+,89+,90+,101+,102+,103-/m1/s1. The summed E-state index contributed by atoms with van der Waals surface area (Å²) in [4.78, 5) is 162. The number of ether oxygens (including phenoxy) is 17. The topological polar surface area (TPSA) is 369 Å². The van der Waals surface area contributed by atoms with Crippen LogP contribution in [0.1, 0.15) is 135 Å². The highest BCUT2D eigenvalue weighted by atomic mass is 16.8. The van der Waals surface area contributed by atoms with Crippen molar-refractivity contribution in [1.82, 2.24) is 10.6 Å². The first kappa shape index (κ1) is 95.2. The summed E-state index contributed by atoms with van der Waals surface area (Å²) in [5, 5.41) is 6.15. The zero-order valence-corrected chi connectivity index (χ0v) is 72.3. The number of amides is 1. The average Bonchev–Trinajstić information content (AvgIpc) is 0.749. The van der Waals surface area contributed by atoms with Crippen molar-refractivity contribution in [2.45, 2.75) is 124 Å². The molecule has 3 aliphatic rings. The molecular weight excluding hydrogens is 1730 g/mol. The maximum absolute atomic E-state index is 15.6.